The van der Waals surface area contributed by atoms with Crippen LogP contribution in [0.5, 0.6) is 0 Å². The summed E-state index contributed by atoms with van der Waals surface area (Å²) in [6, 6.07) is 6.93. The molecule has 5 atom stereocenters. The van der Waals surface area contributed by atoms with Crippen molar-refractivity contribution in [2.45, 2.75) is 58.3 Å². The molecule has 164 valence electrons. The largest absolute Gasteiger partial charge is 0.829 e. The molecule has 0 aliphatic carbocycles. The second kappa shape index (κ2) is 10.2. The Morgan fingerprint density at radius 2 is 1.50 bits per heavy atom. The molecule has 2 rings (SSSR count). The van der Waals surface area contributed by atoms with E-state index in [0.29, 0.717) is 5.69 Å². The Hall–Kier alpha value is -2.98. The van der Waals surface area contributed by atoms with Crippen molar-refractivity contribution in [1.29, 1.82) is 0 Å². The summed E-state index contributed by atoms with van der Waals surface area (Å²) in [5, 5.41) is 13.0. The average Bonchev–Trinajstić information content (AvgIpc) is 2.65. The van der Waals surface area contributed by atoms with Crippen LogP contribution in [0.15, 0.2) is 30.3 Å². The third-order valence-electron chi connectivity index (χ3n) is 4.34. The van der Waals surface area contributed by atoms with E-state index in [9.17, 15) is 24.3 Å². The van der Waals surface area contributed by atoms with Gasteiger partial charge in [0.2, 0.25) is 5.91 Å². The van der Waals surface area contributed by atoms with Crippen molar-refractivity contribution in [3.63, 3.8) is 0 Å². The molecule has 30 heavy (non-hydrogen) atoms. The lowest BCUT2D eigenvalue weighted by Gasteiger charge is -2.51. The Kier molecular flexibility index (Phi) is 7.90. The van der Waals surface area contributed by atoms with Crippen molar-refractivity contribution in [3.8, 4) is 0 Å². The van der Waals surface area contributed by atoms with E-state index in [-0.39, 0.29) is 0 Å². The highest BCUT2D eigenvalue weighted by Crippen LogP contribution is 2.31. The maximum Gasteiger partial charge on any atom is 0.303 e. The van der Waals surface area contributed by atoms with Gasteiger partial charge in [-0.1, -0.05) is 18.2 Å². The van der Waals surface area contributed by atoms with Gasteiger partial charge in [-0.2, -0.15) is 0 Å². The Morgan fingerprint density at radius 1 is 0.933 bits per heavy atom. The zero-order chi connectivity index (χ0) is 22.4. The minimum absolute atomic E-state index is 0.372. The fourth-order valence-electron chi connectivity index (χ4n) is 3.31. The number of para-hydroxylation sites is 1. The molecule has 0 N–H and O–H groups in total. The number of benzene rings is 1. The highest BCUT2D eigenvalue weighted by atomic mass is 16.7. The van der Waals surface area contributed by atoms with Crippen LogP contribution in [0.1, 0.15) is 27.7 Å². The summed E-state index contributed by atoms with van der Waals surface area (Å²) < 4.78 is 21.0. The molecule has 1 heterocycles. The number of anilines is 1. The molecule has 0 spiro atoms. The molecule has 1 amide bonds. The van der Waals surface area contributed by atoms with E-state index in [2.05, 4.69) is 0 Å². The molecule has 0 radical (unpaired) electrons. The van der Waals surface area contributed by atoms with Crippen molar-refractivity contribution in [2.24, 2.45) is 0 Å². The summed E-state index contributed by atoms with van der Waals surface area (Å²) in [6.07, 6.45) is -5.71. The van der Waals surface area contributed by atoms with Crippen molar-refractivity contribution in [3.05, 3.63) is 30.3 Å². The van der Waals surface area contributed by atoms with Gasteiger partial charge >= 0.3 is 17.9 Å². The smallest absolute Gasteiger partial charge is 0.303 e. The first-order valence-corrected chi connectivity index (χ1v) is 9.25. The quantitative estimate of drug-likeness (QED) is 0.456. The van der Waals surface area contributed by atoms with Gasteiger partial charge in [0, 0.05) is 39.7 Å². The second-order valence-electron chi connectivity index (χ2n) is 6.71. The van der Waals surface area contributed by atoms with Crippen LogP contribution in [0.25, 0.3) is 0 Å². The lowest BCUT2D eigenvalue weighted by atomic mass is 9.94. The maximum absolute atomic E-state index is 13.0. The minimum atomic E-state index is -1.88. The summed E-state index contributed by atoms with van der Waals surface area (Å²) >= 11 is 0. The zero-order valence-corrected chi connectivity index (χ0v) is 17.1. The molecule has 1 aromatic carbocycles. The average molecular weight is 422 g/mol. The molecule has 1 aliphatic rings. The van der Waals surface area contributed by atoms with Crippen LogP contribution in [-0.2, 0) is 38.1 Å². The SMILES string of the molecule is CC(=O)OC[C@H]1O[C@@H]([O-])[C@H](N(C(C)=O)c2ccccc2)[C@@H](OC(C)=O)[C@@H]1OC(C)=O. The van der Waals surface area contributed by atoms with Crippen LogP contribution in [-0.4, -0.2) is 61.1 Å². The fraction of sp³-hybridized carbons (Fsp3) is 0.500. The summed E-state index contributed by atoms with van der Waals surface area (Å²) in [6.45, 7) is 4.26. The van der Waals surface area contributed by atoms with Gasteiger partial charge in [0.05, 0.1) is 6.04 Å². The fourth-order valence-corrected chi connectivity index (χ4v) is 3.31. The van der Waals surface area contributed by atoms with Gasteiger partial charge in [-0.25, -0.2) is 0 Å². The third kappa shape index (κ3) is 5.77. The van der Waals surface area contributed by atoms with Gasteiger partial charge in [-0.15, -0.1) is 0 Å². The summed E-state index contributed by atoms with van der Waals surface area (Å²) in [7, 11) is 0. The molecular formula is C20H24NO9-. The second-order valence-corrected chi connectivity index (χ2v) is 6.71. The molecular weight excluding hydrogens is 398 g/mol. The van der Waals surface area contributed by atoms with Crippen molar-refractivity contribution < 1.29 is 43.2 Å². The van der Waals surface area contributed by atoms with Crippen molar-refractivity contribution >= 4 is 29.5 Å². The van der Waals surface area contributed by atoms with E-state index >= 15 is 0 Å². The van der Waals surface area contributed by atoms with E-state index in [4.69, 9.17) is 18.9 Å². The topological polar surface area (TPSA) is 132 Å². The number of carbonyl (C=O) groups excluding carboxylic acids is 4. The number of hydrogen-bond acceptors (Lipinski definition) is 9. The van der Waals surface area contributed by atoms with Crippen LogP contribution in [0.3, 0.4) is 0 Å². The number of hydrogen-bond donors (Lipinski definition) is 0. The Bertz CT molecular complexity index is 782. The van der Waals surface area contributed by atoms with E-state index in [1.807, 2.05) is 0 Å². The molecule has 1 fully saturated rings. The normalized spacial score (nSPS) is 25.7. The molecule has 0 saturated carbocycles. The van der Waals surface area contributed by atoms with Gasteiger partial charge in [-0.05, 0) is 12.1 Å². The van der Waals surface area contributed by atoms with Crippen LogP contribution in [0, 0.1) is 0 Å². The maximum atomic E-state index is 13.0. The Labute approximate surface area is 173 Å². The predicted molar refractivity (Wildman–Crippen MR) is 99.8 cm³/mol. The standard InChI is InChI=1S/C20H24NO9/c1-11(22)21(15-8-6-5-7-9-15)17-19(29-14(4)25)18(28-13(3)24)16(30-20(17)26)10-27-12(2)23/h5-9,16-20H,10H2,1-4H3/q-1/t16-,17-,18-,19-,20-/m1/s1. The van der Waals surface area contributed by atoms with Crippen LogP contribution < -0.4 is 10.0 Å². The number of carbonyl (C=O) groups is 4. The van der Waals surface area contributed by atoms with Crippen LogP contribution in [0.2, 0.25) is 0 Å². The van der Waals surface area contributed by atoms with Crippen molar-refractivity contribution in [2.75, 3.05) is 11.5 Å². The summed E-state index contributed by atoms with van der Waals surface area (Å²) in [4.78, 5) is 48.3. The molecule has 0 unspecified atom stereocenters. The first kappa shape index (κ1) is 23.3. The molecule has 0 aromatic heterocycles. The molecule has 10 nitrogen and oxygen atoms in total. The molecule has 1 saturated heterocycles. The number of rotatable bonds is 6. The number of amides is 1. The number of nitrogens with zero attached hydrogens (tertiary/aromatic N) is 1. The van der Waals surface area contributed by atoms with Crippen LogP contribution in [0.4, 0.5) is 5.69 Å². The van der Waals surface area contributed by atoms with Crippen molar-refractivity contribution in [1.82, 2.24) is 0 Å². The van der Waals surface area contributed by atoms with Gasteiger partial charge in [-0.3, -0.25) is 19.2 Å². The highest BCUT2D eigenvalue weighted by Gasteiger charge is 2.50. The summed E-state index contributed by atoms with van der Waals surface area (Å²) in [5.74, 6) is -2.62. The minimum Gasteiger partial charge on any atom is -0.829 e. The van der Waals surface area contributed by atoms with E-state index in [1.54, 1.807) is 30.3 Å². The number of esters is 3. The predicted octanol–water partition coefficient (Wildman–Crippen LogP) is -0.0802. The summed E-state index contributed by atoms with van der Waals surface area (Å²) in [5.41, 5.74) is 0.372. The van der Waals surface area contributed by atoms with Crippen LogP contribution >= 0.6 is 0 Å². The van der Waals surface area contributed by atoms with E-state index in [0.717, 1.165) is 25.7 Å². The molecule has 0 bridgehead atoms. The van der Waals surface area contributed by atoms with E-state index < -0.39 is 61.1 Å². The Balaban J connectivity index is 2.51. The number of ether oxygens (including phenoxy) is 4. The molecule has 1 aliphatic heterocycles. The van der Waals surface area contributed by atoms with Gasteiger partial charge in [0.25, 0.3) is 0 Å². The zero-order valence-electron chi connectivity index (χ0n) is 17.1. The van der Waals surface area contributed by atoms with Gasteiger partial charge in [0.15, 0.2) is 12.2 Å². The Morgan fingerprint density at radius 3 is 2.00 bits per heavy atom. The lowest BCUT2D eigenvalue weighted by Crippen LogP contribution is -2.70. The molecule has 1 aromatic rings. The molecule has 10 heteroatoms. The third-order valence-corrected chi connectivity index (χ3v) is 4.34. The highest BCUT2D eigenvalue weighted by molar-refractivity contribution is 5.92. The van der Waals surface area contributed by atoms with E-state index in [1.165, 1.54) is 6.92 Å². The lowest BCUT2D eigenvalue weighted by molar-refractivity contribution is -0.517. The van der Waals surface area contributed by atoms with Gasteiger partial charge in [0.1, 0.15) is 12.7 Å². The first-order chi connectivity index (χ1) is 14.1. The van der Waals surface area contributed by atoms with Gasteiger partial charge < -0.3 is 29.0 Å². The monoisotopic (exact) mass is 422 g/mol. The first-order valence-electron chi connectivity index (χ1n) is 9.25.